The number of ether oxygens (including phenoxy) is 1. The van der Waals surface area contributed by atoms with Gasteiger partial charge in [-0.25, -0.2) is 0 Å². The van der Waals surface area contributed by atoms with Gasteiger partial charge in [-0.15, -0.1) is 0 Å². The van der Waals surface area contributed by atoms with Crippen LogP contribution < -0.4 is 18.9 Å². The SMILES string of the molecule is O=S([O-])C(F)(OCc1ccc2ccccc2c1)C(F)(F)F.[Li+]. The standard InChI is InChI=1S/C13H10F4O3S.Li/c14-12(15,16)13(17,21(18)19)20-8-9-5-6-10-3-1-2-4-11(10)7-9;/h1-7H,8H2,(H,18,19);/q;+1/p-1. The fourth-order valence-electron chi connectivity index (χ4n) is 1.73. The molecule has 2 rings (SSSR count). The van der Waals surface area contributed by atoms with Crippen molar-refractivity contribution in [2.75, 3.05) is 0 Å². The van der Waals surface area contributed by atoms with E-state index in [1.165, 1.54) is 12.1 Å². The van der Waals surface area contributed by atoms with E-state index in [4.69, 9.17) is 0 Å². The first-order valence-corrected chi connectivity index (χ1v) is 6.78. The fraction of sp³-hybridized carbons (Fsp3) is 0.231. The molecule has 0 heterocycles. The van der Waals surface area contributed by atoms with Gasteiger partial charge in [0.05, 0.1) is 6.61 Å². The van der Waals surface area contributed by atoms with Crippen molar-refractivity contribution in [3.8, 4) is 0 Å². The Morgan fingerprint density at radius 1 is 1.05 bits per heavy atom. The van der Waals surface area contributed by atoms with Crippen molar-refractivity contribution in [2.45, 2.75) is 18.0 Å². The molecule has 0 amide bonds. The van der Waals surface area contributed by atoms with Gasteiger partial charge in [-0.1, -0.05) is 36.4 Å². The number of alkyl halides is 4. The molecule has 0 aliphatic heterocycles. The fourth-order valence-corrected chi connectivity index (χ4v) is 2.07. The van der Waals surface area contributed by atoms with Crippen LogP contribution in [-0.4, -0.2) is 20.1 Å². The maximum atomic E-state index is 13.5. The van der Waals surface area contributed by atoms with Gasteiger partial charge in [0.25, 0.3) is 0 Å². The maximum Gasteiger partial charge on any atom is 1.00 e. The Bertz CT molecular complexity index is 680. The number of hydrogen-bond donors (Lipinski definition) is 0. The van der Waals surface area contributed by atoms with Gasteiger partial charge < -0.3 is 9.29 Å². The number of fused-ring (bicyclic) bond motifs is 1. The summed E-state index contributed by atoms with van der Waals surface area (Å²) in [6, 6.07) is 11.6. The summed E-state index contributed by atoms with van der Waals surface area (Å²) in [4.78, 5) is 0. The molecule has 2 aromatic rings. The van der Waals surface area contributed by atoms with Gasteiger partial charge in [0, 0.05) is 11.1 Å². The smallest absolute Gasteiger partial charge is 0.768 e. The van der Waals surface area contributed by atoms with Gasteiger partial charge in [-0.2, -0.15) is 17.6 Å². The van der Waals surface area contributed by atoms with Crippen molar-refractivity contribution >= 4 is 21.9 Å². The summed E-state index contributed by atoms with van der Waals surface area (Å²) in [5, 5.41) is -3.16. The van der Waals surface area contributed by atoms with Crippen molar-refractivity contribution in [2.24, 2.45) is 0 Å². The average molecular weight is 328 g/mol. The average Bonchev–Trinajstić information content (AvgIpc) is 2.43. The van der Waals surface area contributed by atoms with Crippen LogP contribution in [0.4, 0.5) is 17.6 Å². The maximum absolute atomic E-state index is 13.5. The second kappa shape index (κ2) is 7.11. The minimum absolute atomic E-state index is 0. The first-order chi connectivity index (χ1) is 9.74. The molecule has 0 radical (unpaired) electrons. The number of hydrogen-bond acceptors (Lipinski definition) is 3. The van der Waals surface area contributed by atoms with Gasteiger partial charge in [0.1, 0.15) is 0 Å². The van der Waals surface area contributed by atoms with Crippen molar-refractivity contribution in [3.63, 3.8) is 0 Å². The summed E-state index contributed by atoms with van der Waals surface area (Å²) in [5.41, 5.74) is 0.227. The first-order valence-electron chi connectivity index (χ1n) is 5.71. The van der Waals surface area contributed by atoms with Gasteiger partial charge >= 0.3 is 30.2 Å². The predicted molar refractivity (Wildman–Crippen MR) is 67.6 cm³/mol. The van der Waals surface area contributed by atoms with E-state index in [2.05, 4.69) is 4.74 Å². The Hall–Kier alpha value is -0.913. The van der Waals surface area contributed by atoms with Gasteiger partial charge in [-0.3, -0.25) is 4.21 Å². The van der Waals surface area contributed by atoms with E-state index in [0.717, 1.165) is 10.8 Å². The van der Waals surface area contributed by atoms with E-state index in [9.17, 15) is 26.3 Å². The summed E-state index contributed by atoms with van der Waals surface area (Å²) >= 11 is -4.10. The van der Waals surface area contributed by atoms with Crippen LogP contribution in [0.25, 0.3) is 10.8 Å². The largest absolute Gasteiger partial charge is 1.00 e. The van der Waals surface area contributed by atoms with Crippen LogP contribution in [0.1, 0.15) is 5.56 Å². The van der Waals surface area contributed by atoms with E-state index in [-0.39, 0.29) is 24.4 Å². The molecule has 3 nitrogen and oxygen atoms in total. The molecule has 0 saturated carbocycles. The van der Waals surface area contributed by atoms with Crippen LogP contribution in [0.2, 0.25) is 0 Å². The van der Waals surface area contributed by atoms with Gasteiger partial charge in [0.2, 0.25) is 0 Å². The molecule has 0 saturated heterocycles. The molecule has 0 aromatic heterocycles. The third-order valence-corrected chi connectivity index (χ3v) is 3.57. The second-order valence-corrected chi connectivity index (χ2v) is 5.23. The number of benzene rings is 2. The summed E-state index contributed by atoms with van der Waals surface area (Å²) in [5.74, 6) is 0. The molecule has 0 N–H and O–H groups in total. The third kappa shape index (κ3) is 3.89. The molecule has 2 aromatic carbocycles. The molecule has 0 fully saturated rings. The summed E-state index contributed by atoms with van der Waals surface area (Å²) < 4.78 is 75.7. The topological polar surface area (TPSA) is 49.4 Å². The van der Waals surface area contributed by atoms with Crippen molar-refractivity contribution in [1.29, 1.82) is 0 Å². The molecule has 114 valence electrons. The molecule has 0 bridgehead atoms. The number of rotatable bonds is 4. The Morgan fingerprint density at radius 3 is 2.18 bits per heavy atom. The predicted octanol–water partition coefficient (Wildman–Crippen LogP) is 0.425. The summed E-state index contributed by atoms with van der Waals surface area (Å²) in [6.45, 7) is -0.825. The van der Waals surface area contributed by atoms with Crippen molar-refractivity contribution in [1.82, 2.24) is 0 Å². The molecular formula is C13H9F4LiO3S. The molecule has 0 spiro atoms. The third-order valence-electron chi connectivity index (χ3n) is 2.79. The van der Waals surface area contributed by atoms with Crippen LogP contribution in [0, 0.1) is 0 Å². The zero-order valence-corrected chi connectivity index (χ0v) is 12.2. The molecule has 0 aliphatic rings. The zero-order valence-electron chi connectivity index (χ0n) is 11.4. The monoisotopic (exact) mass is 328 g/mol. The normalized spacial score (nSPS) is 15.9. The van der Waals surface area contributed by atoms with Crippen LogP contribution >= 0.6 is 0 Å². The van der Waals surface area contributed by atoms with E-state index < -0.39 is 29.1 Å². The minimum Gasteiger partial charge on any atom is -0.768 e. The van der Waals surface area contributed by atoms with Gasteiger partial charge in [-0.05, 0) is 22.4 Å². The molecule has 2 unspecified atom stereocenters. The second-order valence-electron chi connectivity index (χ2n) is 4.24. The van der Waals surface area contributed by atoms with Crippen LogP contribution in [-0.2, 0) is 22.4 Å². The zero-order chi connectivity index (χ0) is 15.7. The Kier molecular flexibility index (Phi) is 6.18. The summed E-state index contributed by atoms with van der Waals surface area (Å²) in [7, 11) is 0. The van der Waals surface area contributed by atoms with E-state index in [0.29, 0.717) is 0 Å². The van der Waals surface area contributed by atoms with Crippen LogP contribution in [0.5, 0.6) is 0 Å². The Labute approximate surface area is 138 Å². The molecule has 2 atom stereocenters. The van der Waals surface area contributed by atoms with E-state index in [1.54, 1.807) is 30.3 Å². The molecule has 9 heteroatoms. The van der Waals surface area contributed by atoms with E-state index in [1.807, 2.05) is 0 Å². The quantitative estimate of drug-likeness (QED) is 0.464. The van der Waals surface area contributed by atoms with Gasteiger partial charge in [0.15, 0.2) is 0 Å². The minimum atomic E-state index is -5.67. The first kappa shape index (κ1) is 19.1. The van der Waals surface area contributed by atoms with E-state index >= 15 is 0 Å². The Balaban J connectivity index is 0.00000242. The molecular weight excluding hydrogens is 319 g/mol. The van der Waals surface area contributed by atoms with Crippen LogP contribution in [0.15, 0.2) is 42.5 Å². The van der Waals surface area contributed by atoms with Crippen LogP contribution in [0.3, 0.4) is 0 Å². The molecule has 0 aliphatic carbocycles. The Morgan fingerprint density at radius 2 is 1.64 bits per heavy atom. The summed E-state index contributed by atoms with van der Waals surface area (Å²) in [6.07, 6.45) is -5.67. The van der Waals surface area contributed by atoms with Crippen molar-refractivity contribution in [3.05, 3.63) is 48.0 Å². The van der Waals surface area contributed by atoms with Crippen molar-refractivity contribution < 1.29 is 49.9 Å². The molecule has 22 heavy (non-hydrogen) atoms. The number of halogens is 4.